The Morgan fingerprint density at radius 2 is 2.00 bits per heavy atom. The van der Waals surface area contributed by atoms with E-state index in [0.717, 1.165) is 24.6 Å². The van der Waals surface area contributed by atoms with Crippen LogP contribution in [0, 0.1) is 29.1 Å². The summed E-state index contributed by atoms with van der Waals surface area (Å²) in [5.41, 5.74) is 1.50. The van der Waals surface area contributed by atoms with Crippen molar-refractivity contribution in [2.75, 3.05) is 26.7 Å². The lowest BCUT2D eigenvalue weighted by Gasteiger charge is -2.55. The topological polar surface area (TPSA) is 49.1 Å². The van der Waals surface area contributed by atoms with Gasteiger partial charge >= 0.3 is 0 Å². The molecule has 1 aromatic rings. The summed E-state index contributed by atoms with van der Waals surface area (Å²) in [6.45, 7) is 3.51. The van der Waals surface area contributed by atoms with Gasteiger partial charge in [-0.05, 0) is 37.7 Å². The number of fused-ring (bicyclic) bond motifs is 2. The summed E-state index contributed by atoms with van der Waals surface area (Å²) in [7, 11) is 1.85. The minimum absolute atomic E-state index is 0.252. The fourth-order valence-corrected chi connectivity index (χ4v) is 4.98. The van der Waals surface area contributed by atoms with E-state index in [1.54, 1.807) is 6.20 Å². The van der Waals surface area contributed by atoms with Crippen molar-refractivity contribution in [1.29, 1.82) is 5.26 Å². The average molecular weight is 311 g/mol. The Bertz CT molecular complexity index is 605. The number of piperidine rings is 1. The summed E-state index contributed by atoms with van der Waals surface area (Å²) in [5.74, 6) is 1.96. The minimum atomic E-state index is -0.252. The van der Waals surface area contributed by atoms with Gasteiger partial charge in [-0.3, -0.25) is 4.98 Å². The molecule has 23 heavy (non-hydrogen) atoms. The molecule has 122 valence electrons. The summed E-state index contributed by atoms with van der Waals surface area (Å²) in [6, 6.07) is 4.23. The molecule has 2 heterocycles. The van der Waals surface area contributed by atoms with Crippen LogP contribution in [0.5, 0.6) is 0 Å². The zero-order chi connectivity index (χ0) is 15.9. The molecule has 0 unspecified atom stereocenters. The Labute approximate surface area is 138 Å². The third kappa shape index (κ3) is 2.56. The van der Waals surface area contributed by atoms with Crippen molar-refractivity contribution in [3.63, 3.8) is 0 Å². The van der Waals surface area contributed by atoms with E-state index in [-0.39, 0.29) is 5.60 Å². The molecule has 1 saturated heterocycles. The van der Waals surface area contributed by atoms with Crippen molar-refractivity contribution in [1.82, 2.24) is 9.88 Å². The number of hydrogen-bond donors (Lipinski definition) is 0. The highest BCUT2D eigenvalue weighted by molar-refractivity contribution is 5.34. The first kappa shape index (κ1) is 15.1. The van der Waals surface area contributed by atoms with Crippen LogP contribution in [0.4, 0.5) is 0 Å². The van der Waals surface area contributed by atoms with Gasteiger partial charge in [0.2, 0.25) is 0 Å². The van der Waals surface area contributed by atoms with Crippen molar-refractivity contribution in [2.24, 2.45) is 17.8 Å². The molecule has 0 amide bonds. The minimum Gasteiger partial charge on any atom is -0.373 e. The van der Waals surface area contributed by atoms with Crippen LogP contribution in [0.2, 0.25) is 0 Å². The molecule has 4 heteroatoms. The van der Waals surface area contributed by atoms with Gasteiger partial charge in [-0.1, -0.05) is 6.42 Å². The molecule has 0 radical (unpaired) electrons. The van der Waals surface area contributed by atoms with E-state index in [4.69, 9.17) is 4.74 Å². The second-order valence-electron chi connectivity index (χ2n) is 7.56. The van der Waals surface area contributed by atoms with Gasteiger partial charge in [0.05, 0.1) is 5.56 Å². The first-order valence-corrected chi connectivity index (χ1v) is 8.89. The Morgan fingerprint density at radius 3 is 2.61 bits per heavy atom. The third-order valence-corrected chi connectivity index (χ3v) is 6.14. The van der Waals surface area contributed by atoms with Crippen LogP contribution in [0.1, 0.15) is 43.2 Å². The summed E-state index contributed by atoms with van der Waals surface area (Å²) >= 11 is 0. The second kappa shape index (κ2) is 5.89. The van der Waals surface area contributed by atoms with Crippen LogP contribution < -0.4 is 0 Å². The van der Waals surface area contributed by atoms with E-state index in [2.05, 4.69) is 16.0 Å². The van der Waals surface area contributed by atoms with Crippen LogP contribution in [0.15, 0.2) is 18.5 Å². The highest BCUT2D eigenvalue weighted by Gasteiger charge is 2.53. The van der Waals surface area contributed by atoms with Gasteiger partial charge in [-0.2, -0.15) is 5.26 Å². The fraction of sp³-hybridized carbons (Fsp3) is 0.684. The number of aromatic nitrogens is 1. The SMILES string of the molecule is CO[C@@]1(c2cncc(C#N)c2)[C@@H]2CCC[C@H]1CN(CC1CC1)C2. The normalized spacial score (nSPS) is 34.1. The number of hydrogen-bond acceptors (Lipinski definition) is 4. The highest BCUT2D eigenvalue weighted by Crippen LogP contribution is 2.51. The highest BCUT2D eigenvalue weighted by atomic mass is 16.5. The van der Waals surface area contributed by atoms with Crippen LogP contribution in [0.3, 0.4) is 0 Å². The second-order valence-corrected chi connectivity index (χ2v) is 7.56. The van der Waals surface area contributed by atoms with Crippen molar-refractivity contribution < 1.29 is 4.74 Å². The van der Waals surface area contributed by atoms with Gasteiger partial charge in [0.25, 0.3) is 0 Å². The first-order valence-electron chi connectivity index (χ1n) is 8.89. The summed E-state index contributed by atoms with van der Waals surface area (Å²) in [5, 5.41) is 9.23. The summed E-state index contributed by atoms with van der Waals surface area (Å²) in [6.07, 6.45) is 10.1. The smallest absolute Gasteiger partial charge is 0.102 e. The Kier molecular flexibility index (Phi) is 3.87. The predicted octanol–water partition coefficient (Wildman–Crippen LogP) is 2.94. The lowest BCUT2D eigenvalue weighted by Crippen LogP contribution is -2.59. The fourth-order valence-electron chi connectivity index (χ4n) is 4.98. The van der Waals surface area contributed by atoms with Crippen LogP contribution >= 0.6 is 0 Å². The van der Waals surface area contributed by atoms with Crippen LogP contribution in [0.25, 0.3) is 0 Å². The number of nitriles is 1. The number of rotatable bonds is 4. The maximum absolute atomic E-state index is 9.23. The van der Waals surface area contributed by atoms with Crippen molar-refractivity contribution >= 4 is 0 Å². The number of ether oxygens (including phenoxy) is 1. The molecule has 1 aliphatic heterocycles. The Hall–Kier alpha value is -1.44. The lowest BCUT2D eigenvalue weighted by atomic mass is 9.62. The molecule has 1 aromatic heterocycles. The number of nitrogens with zero attached hydrogens (tertiary/aromatic N) is 3. The molecular weight excluding hydrogens is 286 g/mol. The first-order chi connectivity index (χ1) is 11.3. The molecule has 0 N–H and O–H groups in total. The van der Waals surface area contributed by atoms with E-state index in [1.165, 1.54) is 38.6 Å². The molecule has 2 aliphatic carbocycles. The molecule has 4 nitrogen and oxygen atoms in total. The van der Waals surface area contributed by atoms with E-state index in [1.807, 2.05) is 19.4 Å². The van der Waals surface area contributed by atoms with E-state index < -0.39 is 0 Å². The molecule has 3 aliphatic rings. The lowest BCUT2D eigenvalue weighted by molar-refractivity contribution is -0.169. The predicted molar refractivity (Wildman–Crippen MR) is 87.6 cm³/mol. The standard InChI is InChI=1S/C19H25N3O/c1-23-19(18-7-15(8-20)9-21-10-18)16-3-2-4-17(19)13-22(12-16)11-14-5-6-14/h7,9-10,14,16-17H,2-6,11-13H2,1H3/t16-,17+,19+. The Balaban J connectivity index is 1.67. The molecule has 2 saturated carbocycles. The molecule has 0 aromatic carbocycles. The maximum atomic E-state index is 9.23. The number of methoxy groups -OCH3 is 1. The van der Waals surface area contributed by atoms with Crippen molar-refractivity contribution in [3.8, 4) is 6.07 Å². The number of pyridine rings is 1. The van der Waals surface area contributed by atoms with Gasteiger partial charge in [0.15, 0.2) is 0 Å². The maximum Gasteiger partial charge on any atom is 0.102 e. The van der Waals surface area contributed by atoms with Gasteiger partial charge < -0.3 is 9.64 Å². The van der Waals surface area contributed by atoms with Crippen molar-refractivity contribution in [2.45, 2.75) is 37.7 Å². The number of likely N-dealkylation sites (tertiary alicyclic amines) is 1. The monoisotopic (exact) mass is 311 g/mol. The quantitative estimate of drug-likeness (QED) is 0.858. The van der Waals surface area contributed by atoms with Crippen molar-refractivity contribution in [3.05, 3.63) is 29.6 Å². The molecule has 3 fully saturated rings. The summed E-state index contributed by atoms with van der Waals surface area (Å²) < 4.78 is 6.22. The largest absolute Gasteiger partial charge is 0.373 e. The third-order valence-electron chi connectivity index (χ3n) is 6.14. The van der Waals surface area contributed by atoms with E-state index >= 15 is 0 Å². The molecule has 3 atom stereocenters. The zero-order valence-corrected chi connectivity index (χ0v) is 13.9. The summed E-state index contributed by atoms with van der Waals surface area (Å²) in [4.78, 5) is 6.98. The van der Waals surface area contributed by atoms with Gasteiger partial charge in [-0.25, -0.2) is 0 Å². The molecular formula is C19H25N3O. The Morgan fingerprint density at radius 1 is 1.26 bits per heavy atom. The average Bonchev–Trinajstić information content (AvgIpc) is 3.38. The zero-order valence-electron chi connectivity index (χ0n) is 13.9. The van der Waals surface area contributed by atoms with Gasteiger partial charge in [0, 0.05) is 56.5 Å². The van der Waals surface area contributed by atoms with E-state index in [0.29, 0.717) is 17.4 Å². The molecule has 4 rings (SSSR count). The van der Waals surface area contributed by atoms with E-state index in [9.17, 15) is 5.26 Å². The van der Waals surface area contributed by atoms with Gasteiger partial charge in [0.1, 0.15) is 11.7 Å². The van der Waals surface area contributed by atoms with Crippen LogP contribution in [-0.4, -0.2) is 36.6 Å². The molecule has 0 spiro atoms. The molecule has 2 bridgehead atoms. The van der Waals surface area contributed by atoms with Crippen LogP contribution in [-0.2, 0) is 10.3 Å². The van der Waals surface area contributed by atoms with Gasteiger partial charge in [-0.15, -0.1) is 0 Å².